The third-order valence-corrected chi connectivity index (χ3v) is 3.15. The predicted molar refractivity (Wildman–Crippen MR) is 54.8 cm³/mol. The largest absolute Gasteiger partial charge is 1.00 e. The molecular weight excluding hydrogens is 363 g/mol. The first-order valence-corrected chi connectivity index (χ1v) is 6.98. The Kier molecular flexibility index (Phi) is 11.5. The summed E-state index contributed by atoms with van der Waals surface area (Å²) < 4.78 is 132. The Balaban J connectivity index is 0. The Morgan fingerprint density at radius 1 is 0.727 bits per heavy atom. The van der Waals surface area contributed by atoms with Gasteiger partial charge in [-0.1, -0.05) is 0 Å². The van der Waals surface area contributed by atoms with Gasteiger partial charge in [0.15, 0.2) is 37.0 Å². The number of hydrogen-bond acceptors (Lipinski definition) is 3. The predicted octanol–water partition coefficient (Wildman–Crippen LogP) is -1.13. The van der Waals surface area contributed by atoms with Crippen molar-refractivity contribution < 1.29 is 77.7 Å². The standard InChI is InChI=1S/C9H12F8O3S.Na/c10-1-3(11)5(13)7(15)9(17)8(16)6(14)4(12)2-21(18,19)20;/h3-9H,1-2H2,(H,18,19,20);/q;+1/p-1. The van der Waals surface area contributed by atoms with Gasteiger partial charge in [0.05, 0.1) is 15.9 Å². The van der Waals surface area contributed by atoms with E-state index in [2.05, 4.69) is 0 Å². The van der Waals surface area contributed by atoms with Crippen LogP contribution in [0.5, 0.6) is 0 Å². The van der Waals surface area contributed by atoms with Crippen LogP contribution >= 0.6 is 0 Å². The summed E-state index contributed by atoms with van der Waals surface area (Å²) in [6, 6.07) is 0. The Hall–Kier alpha value is 0.350. The van der Waals surface area contributed by atoms with Crippen molar-refractivity contribution in [2.24, 2.45) is 0 Å². The number of hydrogen-bond donors (Lipinski definition) is 0. The summed E-state index contributed by atoms with van der Waals surface area (Å²) in [5.41, 5.74) is 0. The molecule has 0 aromatic carbocycles. The van der Waals surface area contributed by atoms with Gasteiger partial charge in [-0.15, -0.1) is 0 Å². The maximum atomic E-state index is 13.1. The summed E-state index contributed by atoms with van der Waals surface area (Å²) in [6.07, 6.45) is -24.6. The van der Waals surface area contributed by atoms with Gasteiger partial charge in [0, 0.05) is 0 Å². The van der Waals surface area contributed by atoms with Crippen molar-refractivity contribution in [1.29, 1.82) is 0 Å². The van der Waals surface area contributed by atoms with Crippen molar-refractivity contribution in [3.63, 3.8) is 0 Å². The van der Waals surface area contributed by atoms with Crippen molar-refractivity contribution in [3.05, 3.63) is 0 Å². The number of alkyl halides is 8. The number of halogens is 8. The van der Waals surface area contributed by atoms with Crippen LogP contribution in [0.1, 0.15) is 0 Å². The van der Waals surface area contributed by atoms with Crippen LogP contribution in [0.2, 0.25) is 0 Å². The van der Waals surface area contributed by atoms with Gasteiger partial charge >= 0.3 is 29.6 Å². The van der Waals surface area contributed by atoms with Crippen molar-refractivity contribution in [2.45, 2.75) is 43.2 Å². The molecular formula is C9H11F8NaO3S. The van der Waals surface area contributed by atoms with E-state index in [9.17, 15) is 48.1 Å². The van der Waals surface area contributed by atoms with Crippen LogP contribution in [-0.2, 0) is 10.1 Å². The maximum Gasteiger partial charge on any atom is 1.00 e. The third kappa shape index (κ3) is 7.75. The molecule has 0 amide bonds. The van der Waals surface area contributed by atoms with E-state index in [0.29, 0.717) is 0 Å². The van der Waals surface area contributed by atoms with Gasteiger partial charge in [-0.05, 0) is 0 Å². The van der Waals surface area contributed by atoms with Crippen LogP contribution in [0.15, 0.2) is 0 Å². The molecule has 0 fully saturated rings. The third-order valence-electron chi connectivity index (χ3n) is 2.42. The molecule has 0 spiro atoms. The molecule has 0 N–H and O–H groups in total. The van der Waals surface area contributed by atoms with E-state index in [4.69, 9.17) is 0 Å². The molecule has 7 atom stereocenters. The Morgan fingerprint density at radius 2 is 1.05 bits per heavy atom. The fourth-order valence-corrected chi connectivity index (χ4v) is 1.87. The van der Waals surface area contributed by atoms with Gasteiger partial charge in [-0.2, -0.15) is 0 Å². The number of rotatable bonds is 9. The first-order valence-electron chi connectivity index (χ1n) is 5.40. The van der Waals surface area contributed by atoms with Gasteiger partial charge in [0.2, 0.25) is 0 Å². The van der Waals surface area contributed by atoms with Gasteiger partial charge in [0.1, 0.15) is 12.8 Å². The van der Waals surface area contributed by atoms with Crippen LogP contribution in [-0.4, -0.2) is 68.6 Å². The quantitative estimate of drug-likeness (QED) is 0.292. The Morgan fingerprint density at radius 3 is 1.36 bits per heavy atom. The van der Waals surface area contributed by atoms with E-state index in [1.54, 1.807) is 0 Å². The van der Waals surface area contributed by atoms with Gasteiger partial charge < -0.3 is 4.55 Å². The molecule has 22 heavy (non-hydrogen) atoms. The fraction of sp³-hybridized carbons (Fsp3) is 1.00. The zero-order valence-corrected chi connectivity index (χ0v) is 13.9. The molecule has 0 bridgehead atoms. The second-order valence-electron chi connectivity index (χ2n) is 4.13. The monoisotopic (exact) mass is 374 g/mol. The summed E-state index contributed by atoms with van der Waals surface area (Å²) in [6.45, 7) is -2.05. The van der Waals surface area contributed by atoms with E-state index >= 15 is 0 Å². The summed E-state index contributed by atoms with van der Waals surface area (Å²) in [5, 5.41) is 0. The summed E-state index contributed by atoms with van der Waals surface area (Å²) in [4.78, 5) is 0. The minimum atomic E-state index is -5.31. The molecule has 0 rings (SSSR count). The van der Waals surface area contributed by atoms with Crippen LogP contribution in [0.3, 0.4) is 0 Å². The zero-order chi connectivity index (χ0) is 17.0. The average Bonchev–Trinajstić information content (AvgIpc) is 2.40. The van der Waals surface area contributed by atoms with E-state index in [0.717, 1.165) is 0 Å². The van der Waals surface area contributed by atoms with Crippen molar-refractivity contribution in [2.75, 3.05) is 12.4 Å². The summed E-state index contributed by atoms with van der Waals surface area (Å²) in [7, 11) is -5.31. The van der Waals surface area contributed by atoms with Crippen molar-refractivity contribution in [3.8, 4) is 0 Å². The van der Waals surface area contributed by atoms with Gasteiger partial charge in [-0.3, -0.25) is 0 Å². The molecule has 0 aromatic rings. The van der Waals surface area contributed by atoms with Crippen LogP contribution < -0.4 is 29.6 Å². The second-order valence-corrected chi connectivity index (χ2v) is 5.58. The molecule has 13 heteroatoms. The molecule has 0 aliphatic rings. The smallest absolute Gasteiger partial charge is 0.748 e. The minimum absolute atomic E-state index is 0. The van der Waals surface area contributed by atoms with E-state index in [-0.39, 0.29) is 29.6 Å². The van der Waals surface area contributed by atoms with E-state index in [1.165, 1.54) is 0 Å². The maximum absolute atomic E-state index is 13.1. The van der Waals surface area contributed by atoms with Gasteiger partial charge in [-0.25, -0.2) is 43.5 Å². The molecule has 0 aliphatic carbocycles. The van der Waals surface area contributed by atoms with Crippen LogP contribution in [0.4, 0.5) is 35.1 Å². The molecule has 3 nitrogen and oxygen atoms in total. The average molecular weight is 374 g/mol. The Labute approximate surface area is 143 Å². The molecule has 0 aliphatic heterocycles. The van der Waals surface area contributed by atoms with Crippen molar-refractivity contribution in [1.82, 2.24) is 0 Å². The Bertz CT molecular complexity index is 414. The molecule has 0 aromatic heterocycles. The fourth-order valence-electron chi connectivity index (χ4n) is 1.30. The van der Waals surface area contributed by atoms with E-state index < -0.39 is 65.7 Å². The molecule has 0 radical (unpaired) electrons. The SMILES string of the molecule is O=S(=O)([O-])CC(F)C(F)C(F)C(F)C(F)C(F)C(F)CF.[Na+]. The molecule has 0 saturated heterocycles. The normalized spacial score (nSPS) is 21.9. The van der Waals surface area contributed by atoms with Crippen LogP contribution in [0, 0.1) is 0 Å². The molecule has 0 saturated carbocycles. The topological polar surface area (TPSA) is 57.2 Å². The summed E-state index contributed by atoms with van der Waals surface area (Å²) in [5.74, 6) is -2.05. The first kappa shape index (κ1) is 24.6. The molecule has 0 heterocycles. The molecule has 128 valence electrons. The van der Waals surface area contributed by atoms with E-state index in [1.807, 2.05) is 0 Å². The molecule has 7 unspecified atom stereocenters. The van der Waals surface area contributed by atoms with Gasteiger partial charge in [0.25, 0.3) is 0 Å². The second kappa shape index (κ2) is 10.3. The summed E-state index contributed by atoms with van der Waals surface area (Å²) >= 11 is 0. The van der Waals surface area contributed by atoms with Crippen molar-refractivity contribution >= 4 is 10.1 Å². The first-order chi connectivity index (χ1) is 9.42. The minimum Gasteiger partial charge on any atom is -0.748 e. The van der Waals surface area contributed by atoms with Crippen LogP contribution in [0.25, 0.3) is 0 Å². The zero-order valence-electron chi connectivity index (χ0n) is 11.1.